The van der Waals surface area contributed by atoms with Gasteiger partial charge in [-0.3, -0.25) is 8.90 Å². The van der Waals surface area contributed by atoms with E-state index in [1.54, 1.807) is 23.1 Å². The molecule has 0 bridgehead atoms. The molecule has 1 aliphatic rings. The third-order valence-electron chi connectivity index (χ3n) is 3.54. The summed E-state index contributed by atoms with van der Waals surface area (Å²) < 4.78 is 31.1. The third-order valence-corrected chi connectivity index (χ3v) is 5.00. The van der Waals surface area contributed by atoms with Gasteiger partial charge in [0, 0.05) is 50.4 Å². The average Bonchev–Trinajstić information content (AvgIpc) is 3.49. The number of aromatic nitrogens is 4. The zero-order chi connectivity index (χ0) is 27.0. The van der Waals surface area contributed by atoms with Gasteiger partial charge >= 0.3 is 11.9 Å². The highest BCUT2D eigenvalue weighted by Gasteiger charge is 2.33. The fourth-order valence-electron chi connectivity index (χ4n) is 2.21. The first-order valence-electron chi connectivity index (χ1n) is 9.33. The summed E-state index contributed by atoms with van der Waals surface area (Å²) in [5, 5.41) is 9.36. The number of halogens is 4. The van der Waals surface area contributed by atoms with Gasteiger partial charge in [0.25, 0.3) is 8.53 Å². The summed E-state index contributed by atoms with van der Waals surface area (Å²) in [5.74, 6) is -3.71. The number of methoxy groups -OCH3 is 2. The van der Waals surface area contributed by atoms with Crippen LogP contribution in [0.1, 0.15) is 18.8 Å². The molecule has 0 aliphatic carbocycles. The number of carbonyl (C=O) groups is 2. The number of ether oxygens (including phenoxy) is 2. The van der Waals surface area contributed by atoms with Crippen LogP contribution in [0, 0.1) is 0 Å². The molecule has 2 aromatic rings. The molecule has 0 saturated heterocycles. The minimum Gasteiger partial charge on any atom is -0.467 e. The Morgan fingerprint density at radius 3 is 2.31 bits per heavy atom. The minimum atomic E-state index is -2.69. The molecule has 3 atom stereocenters. The fraction of sp³-hybridized carbons (Fsp3) is 0.556. The SMILES string of the molecule is C.COC(=O)[C@@H](O)Cc1cnc[nH]1.COC(=O)[C@@H]1Cc2cncn2P(OC)O1.CP(=O)(Cl)Cl.ClCCl. The van der Waals surface area contributed by atoms with E-state index >= 15 is 0 Å². The number of hydrogen-bond donors (Lipinski definition) is 2. The van der Waals surface area contributed by atoms with E-state index in [1.807, 2.05) is 0 Å². The van der Waals surface area contributed by atoms with Gasteiger partial charge in [-0.25, -0.2) is 19.6 Å². The number of hydrogen-bond acceptors (Lipinski definition) is 10. The maximum Gasteiger partial charge on any atom is 0.335 e. The van der Waals surface area contributed by atoms with Gasteiger partial charge in [-0.05, 0) is 22.5 Å². The Morgan fingerprint density at radius 1 is 1.28 bits per heavy atom. The fourth-order valence-corrected chi connectivity index (χ4v) is 3.44. The quantitative estimate of drug-likeness (QED) is 0.272. The molecule has 208 valence electrons. The van der Waals surface area contributed by atoms with Crippen molar-refractivity contribution in [1.82, 2.24) is 19.3 Å². The van der Waals surface area contributed by atoms with Gasteiger partial charge in [0.05, 0.1) is 25.9 Å². The maximum atomic E-state index is 11.3. The molecule has 0 aromatic carbocycles. The van der Waals surface area contributed by atoms with Crippen LogP contribution >= 0.6 is 60.1 Å². The number of nitrogens with zero attached hydrogens (tertiary/aromatic N) is 3. The number of aromatic amines is 1. The van der Waals surface area contributed by atoms with E-state index in [-0.39, 0.29) is 25.2 Å². The molecule has 0 fully saturated rings. The number of aliphatic hydroxyl groups excluding tert-OH is 1. The van der Waals surface area contributed by atoms with Crippen molar-refractivity contribution in [3.05, 3.63) is 36.4 Å². The van der Waals surface area contributed by atoms with Gasteiger partial charge in [0.15, 0.2) is 12.2 Å². The number of carbonyl (C=O) groups excluding carboxylic acids is 2. The van der Waals surface area contributed by atoms with Crippen molar-refractivity contribution in [3.8, 4) is 0 Å². The number of H-pyrrole nitrogens is 1. The number of nitrogens with one attached hydrogen (secondary N) is 1. The standard InChI is InChI=1S/C8H11N2O4P.C7H10N2O3.CH3Cl2OP.CH2Cl2.CH4/c1-12-8(11)7-3-6-4-9-5-10(6)15(13-2)14-7;1-12-7(11)6(10)2-5-3-8-4-9-5;1-5(2,3)4;2-1-3;/h4-5,7H,3H2,1-2H3;3-4,6,10H,2H2,1H3,(H,8,9);1H3;1H2;1H4/t7-,15?;6-;;;/m00.../s1. The van der Waals surface area contributed by atoms with Crippen molar-refractivity contribution in [3.63, 3.8) is 0 Å². The second-order valence-corrected chi connectivity index (χ2v) is 14.2. The number of aliphatic hydroxyl groups is 1. The van der Waals surface area contributed by atoms with Gasteiger partial charge in [0.1, 0.15) is 6.33 Å². The lowest BCUT2D eigenvalue weighted by Gasteiger charge is -2.27. The van der Waals surface area contributed by atoms with E-state index in [0.29, 0.717) is 12.1 Å². The van der Waals surface area contributed by atoms with E-state index in [2.05, 4.69) is 24.4 Å². The van der Waals surface area contributed by atoms with Crippen LogP contribution in [-0.2, 0) is 45.5 Å². The Morgan fingerprint density at radius 2 is 1.86 bits per heavy atom. The topological polar surface area (TPSA) is 155 Å². The lowest BCUT2D eigenvalue weighted by molar-refractivity contribution is -0.150. The predicted octanol–water partition coefficient (Wildman–Crippen LogP) is 4.55. The molecule has 3 rings (SSSR count). The van der Waals surface area contributed by atoms with Gasteiger partial charge in [-0.1, -0.05) is 7.43 Å². The summed E-state index contributed by atoms with van der Waals surface area (Å²) in [6.07, 6.45) is 5.33. The lowest BCUT2D eigenvalue weighted by atomic mass is 10.2. The van der Waals surface area contributed by atoms with Crippen LogP contribution in [-0.4, -0.2) is 81.9 Å². The van der Waals surface area contributed by atoms with Gasteiger partial charge < -0.3 is 28.6 Å². The molecule has 36 heavy (non-hydrogen) atoms. The molecule has 2 aromatic heterocycles. The second-order valence-electron chi connectivity index (χ2n) is 6.11. The van der Waals surface area contributed by atoms with Crippen LogP contribution in [0.2, 0.25) is 0 Å². The van der Waals surface area contributed by atoms with E-state index in [1.165, 1.54) is 34.3 Å². The third kappa shape index (κ3) is 16.0. The highest BCUT2D eigenvalue weighted by Crippen LogP contribution is 2.52. The van der Waals surface area contributed by atoms with Crippen LogP contribution in [0.15, 0.2) is 25.0 Å². The first kappa shape index (κ1) is 37.2. The molecule has 12 nitrogen and oxygen atoms in total. The molecule has 0 saturated carbocycles. The van der Waals surface area contributed by atoms with Crippen LogP contribution in [0.4, 0.5) is 0 Å². The van der Waals surface area contributed by atoms with Crippen molar-refractivity contribution in [1.29, 1.82) is 0 Å². The van der Waals surface area contributed by atoms with Crippen LogP contribution in [0.3, 0.4) is 0 Å². The molecule has 3 heterocycles. The Balaban J connectivity index is 0. The Bertz CT molecular complexity index is 909. The molecular formula is C18H30Cl4N4O8P2. The van der Waals surface area contributed by atoms with Crippen LogP contribution in [0.5, 0.6) is 0 Å². The maximum absolute atomic E-state index is 11.3. The number of imidazole rings is 2. The summed E-state index contributed by atoms with van der Waals surface area (Å²) in [5.41, 5.74) is 1.62. The van der Waals surface area contributed by atoms with E-state index < -0.39 is 32.6 Å². The van der Waals surface area contributed by atoms with Crippen molar-refractivity contribution >= 4 is 72.0 Å². The first-order chi connectivity index (χ1) is 16.4. The first-order valence-corrected chi connectivity index (χ1v) is 15.5. The minimum absolute atomic E-state index is 0. The smallest absolute Gasteiger partial charge is 0.335 e. The van der Waals surface area contributed by atoms with Gasteiger partial charge in [-0.2, -0.15) is 0 Å². The zero-order valence-corrected chi connectivity index (χ0v) is 24.0. The molecule has 0 spiro atoms. The molecule has 0 radical (unpaired) electrons. The summed E-state index contributed by atoms with van der Waals surface area (Å²) >= 11 is 19.2. The molecular weight excluding hydrogens is 604 g/mol. The highest BCUT2D eigenvalue weighted by molar-refractivity contribution is 8.08. The van der Waals surface area contributed by atoms with Crippen LogP contribution < -0.4 is 0 Å². The van der Waals surface area contributed by atoms with Crippen molar-refractivity contribution < 1.29 is 37.8 Å². The molecule has 1 unspecified atom stereocenters. The summed E-state index contributed by atoms with van der Waals surface area (Å²) in [7, 11) is 2.84. The number of esters is 2. The monoisotopic (exact) mass is 632 g/mol. The van der Waals surface area contributed by atoms with Crippen molar-refractivity contribution in [2.75, 3.05) is 33.3 Å². The normalized spacial score (nSPS) is 16.6. The van der Waals surface area contributed by atoms with Gasteiger partial charge in [0.2, 0.25) is 5.85 Å². The van der Waals surface area contributed by atoms with E-state index in [0.717, 1.165) is 5.69 Å². The highest BCUT2D eigenvalue weighted by atomic mass is 35.9. The van der Waals surface area contributed by atoms with Crippen LogP contribution in [0.25, 0.3) is 0 Å². The predicted molar refractivity (Wildman–Crippen MR) is 141 cm³/mol. The number of fused-ring (bicyclic) bond motifs is 1. The Hall–Kier alpha value is -0.940. The van der Waals surface area contributed by atoms with E-state index in [4.69, 9.17) is 59.8 Å². The molecule has 2 N–H and O–H groups in total. The molecule has 0 amide bonds. The van der Waals surface area contributed by atoms with Gasteiger partial charge in [-0.15, -0.1) is 23.2 Å². The average molecular weight is 634 g/mol. The molecule has 18 heteroatoms. The summed E-state index contributed by atoms with van der Waals surface area (Å²) in [6.45, 7) is 1.27. The molecule has 1 aliphatic heterocycles. The Labute approximate surface area is 230 Å². The Kier molecular flexibility index (Phi) is 20.8. The second kappa shape index (κ2) is 20.1. The zero-order valence-electron chi connectivity index (χ0n) is 19.1. The number of alkyl halides is 2. The van der Waals surface area contributed by atoms with Crippen molar-refractivity contribution in [2.24, 2.45) is 0 Å². The summed E-state index contributed by atoms with van der Waals surface area (Å²) in [6, 6.07) is 0. The number of rotatable bonds is 5. The largest absolute Gasteiger partial charge is 0.467 e. The lowest BCUT2D eigenvalue weighted by Crippen LogP contribution is -2.31. The summed E-state index contributed by atoms with van der Waals surface area (Å²) in [4.78, 5) is 32.6. The van der Waals surface area contributed by atoms with Crippen molar-refractivity contribution in [2.45, 2.75) is 32.5 Å². The van der Waals surface area contributed by atoms with E-state index in [9.17, 15) is 14.2 Å².